The van der Waals surface area contributed by atoms with E-state index >= 15 is 0 Å². The van der Waals surface area contributed by atoms with E-state index in [2.05, 4.69) is 48.6 Å². The number of thiophene rings is 1. The SMILES string of the molecule is CC(C)CC1CN=C(NC(C)c2cccs2)S1. The normalized spacial score (nSPS) is 21.6. The monoisotopic (exact) mass is 268 g/mol. The first-order chi connectivity index (χ1) is 8.15. The molecule has 94 valence electrons. The second-order valence-corrected chi connectivity index (χ2v) is 7.17. The fraction of sp³-hybridized carbons (Fsp3) is 0.615. The second-order valence-electron chi connectivity index (χ2n) is 4.90. The van der Waals surface area contributed by atoms with Crippen LogP contribution in [0.1, 0.15) is 38.1 Å². The molecule has 2 unspecified atom stereocenters. The van der Waals surface area contributed by atoms with Crippen LogP contribution in [-0.2, 0) is 0 Å². The Bertz CT molecular complexity index is 371. The van der Waals surface area contributed by atoms with Gasteiger partial charge in [-0.1, -0.05) is 31.7 Å². The molecule has 4 heteroatoms. The molecule has 1 N–H and O–H groups in total. The van der Waals surface area contributed by atoms with Crippen molar-refractivity contribution in [2.45, 2.75) is 38.5 Å². The number of thioether (sulfide) groups is 1. The highest BCUT2D eigenvalue weighted by Crippen LogP contribution is 2.27. The van der Waals surface area contributed by atoms with E-state index in [4.69, 9.17) is 0 Å². The van der Waals surface area contributed by atoms with Gasteiger partial charge < -0.3 is 5.32 Å². The van der Waals surface area contributed by atoms with Crippen LogP contribution in [0.4, 0.5) is 0 Å². The summed E-state index contributed by atoms with van der Waals surface area (Å²) in [6.07, 6.45) is 1.26. The van der Waals surface area contributed by atoms with Gasteiger partial charge in [-0.3, -0.25) is 4.99 Å². The van der Waals surface area contributed by atoms with Crippen molar-refractivity contribution in [3.8, 4) is 0 Å². The predicted molar refractivity (Wildman–Crippen MR) is 79.0 cm³/mol. The minimum atomic E-state index is 0.374. The summed E-state index contributed by atoms with van der Waals surface area (Å²) in [5, 5.41) is 7.43. The summed E-state index contributed by atoms with van der Waals surface area (Å²) in [7, 11) is 0. The van der Waals surface area contributed by atoms with Crippen molar-refractivity contribution in [1.82, 2.24) is 5.32 Å². The van der Waals surface area contributed by atoms with Crippen molar-refractivity contribution in [2.24, 2.45) is 10.9 Å². The molecule has 2 heterocycles. The fourth-order valence-corrected chi connectivity index (χ4v) is 4.01. The molecule has 0 spiro atoms. The molecule has 0 saturated carbocycles. The van der Waals surface area contributed by atoms with Gasteiger partial charge in [0.1, 0.15) is 0 Å². The van der Waals surface area contributed by atoms with Crippen molar-refractivity contribution < 1.29 is 0 Å². The highest BCUT2D eigenvalue weighted by molar-refractivity contribution is 8.14. The van der Waals surface area contributed by atoms with E-state index in [0.29, 0.717) is 11.3 Å². The number of hydrogen-bond acceptors (Lipinski definition) is 4. The van der Waals surface area contributed by atoms with E-state index < -0.39 is 0 Å². The zero-order valence-corrected chi connectivity index (χ0v) is 12.3. The van der Waals surface area contributed by atoms with Crippen molar-refractivity contribution in [3.63, 3.8) is 0 Å². The van der Waals surface area contributed by atoms with Crippen molar-refractivity contribution in [3.05, 3.63) is 22.4 Å². The Kier molecular flexibility index (Phi) is 4.51. The van der Waals surface area contributed by atoms with Gasteiger partial charge >= 0.3 is 0 Å². The van der Waals surface area contributed by atoms with Gasteiger partial charge in [0.05, 0.1) is 12.6 Å². The van der Waals surface area contributed by atoms with Gasteiger partial charge in [-0.2, -0.15) is 0 Å². The Morgan fingerprint density at radius 3 is 2.94 bits per heavy atom. The minimum Gasteiger partial charge on any atom is -0.358 e. The van der Waals surface area contributed by atoms with Crippen LogP contribution in [0.15, 0.2) is 22.5 Å². The largest absolute Gasteiger partial charge is 0.358 e. The summed E-state index contributed by atoms with van der Waals surface area (Å²) in [6.45, 7) is 7.73. The van der Waals surface area contributed by atoms with E-state index in [1.54, 1.807) is 11.3 Å². The van der Waals surface area contributed by atoms with Crippen molar-refractivity contribution in [2.75, 3.05) is 6.54 Å². The van der Waals surface area contributed by atoms with Gasteiger partial charge in [0.2, 0.25) is 0 Å². The lowest BCUT2D eigenvalue weighted by Gasteiger charge is -2.14. The summed E-state index contributed by atoms with van der Waals surface area (Å²) in [4.78, 5) is 5.97. The molecule has 1 aliphatic heterocycles. The molecule has 0 aliphatic carbocycles. The topological polar surface area (TPSA) is 24.4 Å². The summed E-state index contributed by atoms with van der Waals surface area (Å²) in [5.74, 6) is 0.761. The molecule has 2 rings (SSSR count). The first kappa shape index (κ1) is 13.0. The zero-order valence-electron chi connectivity index (χ0n) is 10.6. The molecule has 0 amide bonds. The van der Waals surface area contributed by atoms with Crippen LogP contribution < -0.4 is 5.32 Å². The maximum Gasteiger partial charge on any atom is 0.157 e. The quantitative estimate of drug-likeness (QED) is 0.895. The van der Waals surface area contributed by atoms with Crippen LogP contribution in [0, 0.1) is 5.92 Å². The summed E-state index contributed by atoms with van der Waals surface area (Å²) < 4.78 is 0. The van der Waals surface area contributed by atoms with Gasteiger partial charge in [0.15, 0.2) is 5.17 Å². The average molecular weight is 268 g/mol. The molecule has 0 bridgehead atoms. The van der Waals surface area contributed by atoms with Crippen molar-refractivity contribution >= 4 is 28.3 Å². The Morgan fingerprint density at radius 2 is 2.29 bits per heavy atom. The molecule has 0 fully saturated rings. The van der Waals surface area contributed by atoms with Crippen LogP contribution in [0.25, 0.3) is 0 Å². The standard InChI is InChI=1S/C13H20N2S2/c1-9(2)7-11-8-14-13(17-11)15-10(3)12-5-4-6-16-12/h4-6,9-11H,7-8H2,1-3H3,(H,14,15). The maximum absolute atomic E-state index is 4.59. The summed E-state index contributed by atoms with van der Waals surface area (Å²) in [5.41, 5.74) is 0. The third-order valence-corrected chi connectivity index (χ3v) is 4.96. The van der Waals surface area contributed by atoms with Crippen LogP contribution in [0.2, 0.25) is 0 Å². The molecule has 17 heavy (non-hydrogen) atoms. The highest BCUT2D eigenvalue weighted by atomic mass is 32.2. The number of rotatable bonds is 4. The molecule has 0 aromatic carbocycles. The summed E-state index contributed by atoms with van der Waals surface area (Å²) in [6, 6.07) is 4.65. The van der Waals surface area contributed by atoms with Gasteiger partial charge in [-0.05, 0) is 30.7 Å². The van der Waals surface area contributed by atoms with Crippen LogP contribution in [0.3, 0.4) is 0 Å². The molecule has 1 aromatic heterocycles. The summed E-state index contributed by atoms with van der Waals surface area (Å²) >= 11 is 3.71. The van der Waals surface area contributed by atoms with Crippen LogP contribution >= 0.6 is 23.1 Å². The minimum absolute atomic E-state index is 0.374. The lowest BCUT2D eigenvalue weighted by atomic mass is 10.1. The fourth-order valence-electron chi connectivity index (χ4n) is 1.94. The Labute approximate surface area is 112 Å². The Morgan fingerprint density at radius 1 is 1.47 bits per heavy atom. The predicted octanol–water partition coefficient (Wildman–Crippen LogP) is 3.92. The third kappa shape index (κ3) is 3.75. The number of nitrogens with zero attached hydrogens (tertiary/aromatic N) is 1. The van der Waals surface area contributed by atoms with Gasteiger partial charge in [-0.15, -0.1) is 11.3 Å². The zero-order chi connectivity index (χ0) is 12.3. The first-order valence-corrected chi connectivity index (χ1v) is 7.92. The van der Waals surface area contributed by atoms with E-state index in [1.165, 1.54) is 11.3 Å². The molecule has 2 atom stereocenters. The Balaban J connectivity index is 1.81. The lowest BCUT2D eigenvalue weighted by molar-refractivity contribution is 0.575. The highest BCUT2D eigenvalue weighted by Gasteiger charge is 2.21. The first-order valence-electron chi connectivity index (χ1n) is 6.16. The molecule has 1 aliphatic rings. The molecule has 2 nitrogen and oxygen atoms in total. The third-order valence-electron chi connectivity index (χ3n) is 2.76. The molecular formula is C13H20N2S2. The second kappa shape index (κ2) is 5.91. The molecular weight excluding hydrogens is 248 g/mol. The lowest BCUT2D eigenvalue weighted by Crippen LogP contribution is -2.22. The van der Waals surface area contributed by atoms with Crippen LogP contribution in [-0.4, -0.2) is 17.0 Å². The molecule has 0 radical (unpaired) electrons. The number of hydrogen-bond donors (Lipinski definition) is 1. The van der Waals surface area contributed by atoms with Gasteiger partial charge in [-0.25, -0.2) is 0 Å². The molecule has 0 saturated heterocycles. The van der Waals surface area contributed by atoms with Gasteiger partial charge in [0.25, 0.3) is 0 Å². The van der Waals surface area contributed by atoms with E-state index in [-0.39, 0.29) is 0 Å². The Hall–Kier alpha value is -0.480. The van der Waals surface area contributed by atoms with E-state index in [9.17, 15) is 0 Å². The number of nitrogens with one attached hydrogen (secondary N) is 1. The maximum atomic E-state index is 4.59. The number of amidine groups is 1. The molecule has 1 aromatic rings. The van der Waals surface area contributed by atoms with E-state index in [0.717, 1.165) is 17.6 Å². The van der Waals surface area contributed by atoms with E-state index in [1.807, 2.05) is 11.8 Å². The average Bonchev–Trinajstić information content (AvgIpc) is 2.87. The smallest absolute Gasteiger partial charge is 0.157 e. The van der Waals surface area contributed by atoms with Crippen LogP contribution in [0.5, 0.6) is 0 Å². The van der Waals surface area contributed by atoms with Crippen molar-refractivity contribution in [1.29, 1.82) is 0 Å². The van der Waals surface area contributed by atoms with Gasteiger partial charge in [0, 0.05) is 10.1 Å². The number of aliphatic imine (C=N–C) groups is 1.